The molecule has 1 amide bonds. The lowest BCUT2D eigenvalue weighted by molar-refractivity contribution is -0.118. The molecule has 1 aliphatic rings. The highest BCUT2D eigenvalue weighted by molar-refractivity contribution is 6.00. The summed E-state index contributed by atoms with van der Waals surface area (Å²) < 4.78 is 0. The van der Waals surface area contributed by atoms with Crippen molar-refractivity contribution in [2.24, 2.45) is 5.73 Å². The number of nitrogens with two attached hydrogens (primary N) is 1. The van der Waals surface area contributed by atoms with Gasteiger partial charge in [0.05, 0.1) is 5.54 Å². The highest BCUT2D eigenvalue weighted by Crippen LogP contribution is 2.33. The van der Waals surface area contributed by atoms with Gasteiger partial charge in [0.15, 0.2) is 0 Å². The van der Waals surface area contributed by atoms with Crippen LogP contribution in [0.3, 0.4) is 0 Å². The van der Waals surface area contributed by atoms with Crippen molar-refractivity contribution in [2.75, 3.05) is 5.32 Å². The predicted octanol–water partition coefficient (Wildman–Crippen LogP) is 1.99. The van der Waals surface area contributed by atoms with E-state index < -0.39 is 5.54 Å². The minimum Gasteiger partial charge on any atom is -0.324 e. The van der Waals surface area contributed by atoms with E-state index in [9.17, 15) is 4.79 Å². The predicted molar refractivity (Wildman–Crippen MR) is 65.3 cm³/mol. The number of aryl methyl sites for hydroxylation is 2. The first kappa shape index (κ1) is 11.1. The van der Waals surface area contributed by atoms with Crippen molar-refractivity contribution in [2.45, 2.75) is 38.6 Å². The van der Waals surface area contributed by atoms with Gasteiger partial charge in [0.2, 0.25) is 5.91 Å². The SMILES string of the molecule is CCc1cc(NC(=O)C2(N)CC2)ccc1C. The zero-order valence-corrected chi connectivity index (χ0v) is 9.84. The lowest BCUT2D eigenvalue weighted by atomic mass is 10.1. The maximum Gasteiger partial charge on any atom is 0.244 e. The lowest BCUT2D eigenvalue weighted by Crippen LogP contribution is -2.37. The van der Waals surface area contributed by atoms with E-state index in [2.05, 4.69) is 19.2 Å². The van der Waals surface area contributed by atoms with Gasteiger partial charge in [-0.05, 0) is 49.4 Å². The van der Waals surface area contributed by atoms with Crippen LogP contribution in [0.1, 0.15) is 30.9 Å². The van der Waals surface area contributed by atoms with Crippen molar-refractivity contribution in [1.29, 1.82) is 0 Å². The van der Waals surface area contributed by atoms with Crippen LogP contribution in [-0.4, -0.2) is 11.4 Å². The first-order chi connectivity index (χ1) is 7.55. The molecule has 3 heteroatoms. The van der Waals surface area contributed by atoms with Gasteiger partial charge in [-0.3, -0.25) is 4.79 Å². The van der Waals surface area contributed by atoms with Crippen molar-refractivity contribution >= 4 is 11.6 Å². The largest absolute Gasteiger partial charge is 0.324 e. The van der Waals surface area contributed by atoms with Crippen LogP contribution in [0.25, 0.3) is 0 Å². The maximum absolute atomic E-state index is 11.7. The van der Waals surface area contributed by atoms with E-state index in [-0.39, 0.29) is 5.91 Å². The van der Waals surface area contributed by atoms with E-state index in [0.29, 0.717) is 0 Å². The zero-order valence-electron chi connectivity index (χ0n) is 9.84. The molecule has 0 heterocycles. The summed E-state index contributed by atoms with van der Waals surface area (Å²) in [5, 5.41) is 2.88. The molecule has 86 valence electrons. The highest BCUT2D eigenvalue weighted by atomic mass is 16.2. The Morgan fingerprint density at radius 3 is 2.75 bits per heavy atom. The molecule has 0 atom stereocenters. The summed E-state index contributed by atoms with van der Waals surface area (Å²) >= 11 is 0. The standard InChI is InChI=1S/C13H18N2O/c1-3-10-8-11(5-4-9(10)2)15-12(16)13(14)6-7-13/h4-5,8H,3,6-7,14H2,1-2H3,(H,15,16). The number of amides is 1. The Hall–Kier alpha value is -1.35. The lowest BCUT2D eigenvalue weighted by Gasteiger charge is -2.12. The van der Waals surface area contributed by atoms with E-state index in [1.54, 1.807) is 0 Å². The third kappa shape index (κ3) is 2.09. The molecule has 0 aliphatic heterocycles. The fourth-order valence-corrected chi connectivity index (χ4v) is 1.75. The van der Waals surface area contributed by atoms with E-state index in [0.717, 1.165) is 24.9 Å². The number of hydrogen-bond acceptors (Lipinski definition) is 2. The molecule has 1 aromatic carbocycles. The van der Waals surface area contributed by atoms with Gasteiger partial charge in [-0.25, -0.2) is 0 Å². The summed E-state index contributed by atoms with van der Waals surface area (Å²) in [4.78, 5) is 11.7. The van der Waals surface area contributed by atoms with Crippen LogP contribution in [0, 0.1) is 6.92 Å². The number of hydrogen-bond donors (Lipinski definition) is 2. The smallest absolute Gasteiger partial charge is 0.244 e. The van der Waals surface area contributed by atoms with Gasteiger partial charge in [-0.2, -0.15) is 0 Å². The molecular formula is C13H18N2O. The van der Waals surface area contributed by atoms with Gasteiger partial charge in [-0.15, -0.1) is 0 Å². The number of anilines is 1. The normalized spacial score (nSPS) is 16.9. The Labute approximate surface area is 96.0 Å². The maximum atomic E-state index is 11.7. The minimum absolute atomic E-state index is 0.0570. The number of nitrogens with one attached hydrogen (secondary N) is 1. The van der Waals surface area contributed by atoms with Gasteiger partial charge < -0.3 is 11.1 Å². The Kier molecular flexibility index (Phi) is 2.72. The topological polar surface area (TPSA) is 55.1 Å². The fraction of sp³-hybridized carbons (Fsp3) is 0.462. The van der Waals surface area contributed by atoms with Crippen molar-refractivity contribution in [1.82, 2.24) is 0 Å². The number of rotatable bonds is 3. The Bertz CT molecular complexity index is 422. The molecule has 0 unspecified atom stereocenters. The van der Waals surface area contributed by atoms with Gasteiger partial charge in [0, 0.05) is 5.69 Å². The second-order valence-electron chi connectivity index (χ2n) is 4.61. The van der Waals surface area contributed by atoms with Crippen LogP contribution in [-0.2, 0) is 11.2 Å². The Morgan fingerprint density at radius 1 is 1.50 bits per heavy atom. The van der Waals surface area contributed by atoms with Crippen LogP contribution in [0.5, 0.6) is 0 Å². The highest BCUT2D eigenvalue weighted by Gasteiger charge is 2.45. The molecule has 0 spiro atoms. The average Bonchev–Trinajstić information content (AvgIpc) is 3.01. The molecule has 0 saturated heterocycles. The van der Waals surface area contributed by atoms with Gasteiger partial charge in [0.25, 0.3) is 0 Å². The summed E-state index contributed by atoms with van der Waals surface area (Å²) in [6.45, 7) is 4.19. The number of carbonyl (C=O) groups excluding carboxylic acids is 1. The van der Waals surface area contributed by atoms with E-state index in [4.69, 9.17) is 5.73 Å². The number of carbonyl (C=O) groups is 1. The first-order valence-corrected chi connectivity index (χ1v) is 5.75. The summed E-state index contributed by atoms with van der Waals surface area (Å²) in [6.07, 6.45) is 2.57. The van der Waals surface area contributed by atoms with Crippen molar-refractivity contribution < 1.29 is 4.79 Å². The van der Waals surface area contributed by atoms with Crippen molar-refractivity contribution in [3.05, 3.63) is 29.3 Å². The Morgan fingerprint density at radius 2 is 2.19 bits per heavy atom. The molecule has 16 heavy (non-hydrogen) atoms. The second-order valence-corrected chi connectivity index (χ2v) is 4.61. The second kappa shape index (κ2) is 3.91. The van der Waals surface area contributed by atoms with Crippen LogP contribution in [0.4, 0.5) is 5.69 Å². The van der Waals surface area contributed by atoms with Crippen LogP contribution >= 0.6 is 0 Å². The molecule has 2 rings (SSSR count). The molecule has 0 bridgehead atoms. The van der Waals surface area contributed by atoms with Gasteiger partial charge in [-0.1, -0.05) is 13.0 Å². The van der Waals surface area contributed by atoms with Crippen molar-refractivity contribution in [3.63, 3.8) is 0 Å². The van der Waals surface area contributed by atoms with Crippen LogP contribution < -0.4 is 11.1 Å². The monoisotopic (exact) mass is 218 g/mol. The molecule has 1 aromatic rings. The minimum atomic E-state index is -0.600. The first-order valence-electron chi connectivity index (χ1n) is 5.75. The molecule has 1 saturated carbocycles. The molecule has 1 aliphatic carbocycles. The zero-order chi connectivity index (χ0) is 11.8. The Balaban J connectivity index is 2.12. The van der Waals surface area contributed by atoms with E-state index >= 15 is 0 Å². The third-order valence-corrected chi connectivity index (χ3v) is 3.23. The van der Waals surface area contributed by atoms with Crippen molar-refractivity contribution in [3.8, 4) is 0 Å². The summed E-state index contributed by atoms with van der Waals surface area (Å²) in [5.74, 6) is -0.0570. The van der Waals surface area contributed by atoms with Crippen LogP contribution in [0.15, 0.2) is 18.2 Å². The molecule has 0 aromatic heterocycles. The molecule has 1 fully saturated rings. The fourth-order valence-electron chi connectivity index (χ4n) is 1.75. The van der Waals surface area contributed by atoms with E-state index in [1.165, 1.54) is 11.1 Å². The van der Waals surface area contributed by atoms with Crippen LogP contribution in [0.2, 0.25) is 0 Å². The van der Waals surface area contributed by atoms with E-state index in [1.807, 2.05) is 18.2 Å². The van der Waals surface area contributed by atoms with Gasteiger partial charge >= 0.3 is 0 Å². The summed E-state index contributed by atoms with van der Waals surface area (Å²) in [7, 11) is 0. The third-order valence-electron chi connectivity index (χ3n) is 3.23. The average molecular weight is 218 g/mol. The summed E-state index contributed by atoms with van der Waals surface area (Å²) in [6, 6.07) is 5.99. The quantitative estimate of drug-likeness (QED) is 0.815. The molecule has 3 N–H and O–H groups in total. The summed E-state index contributed by atoms with van der Waals surface area (Å²) in [5.41, 5.74) is 8.60. The van der Waals surface area contributed by atoms with Gasteiger partial charge in [0.1, 0.15) is 0 Å². The molecular weight excluding hydrogens is 200 g/mol. The molecule has 0 radical (unpaired) electrons. The molecule has 3 nitrogen and oxygen atoms in total. The number of benzene rings is 1.